The van der Waals surface area contributed by atoms with Crippen LogP contribution in [0.4, 0.5) is 61.5 Å². The summed E-state index contributed by atoms with van der Waals surface area (Å²) < 4.78 is 224. The average molecular weight is 841 g/mol. The summed E-state index contributed by atoms with van der Waals surface area (Å²) in [4.78, 5) is 0. The zero-order chi connectivity index (χ0) is 39.8. The van der Waals surface area contributed by atoms with Gasteiger partial charge in [0.15, 0.2) is 50.7 Å². The Morgan fingerprint density at radius 2 is 0.731 bits per heavy atom. The first-order valence-corrected chi connectivity index (χ1v) is 18.2. The van der Waals surface area contributed by atoms with Gasteiger partial charge in [-0.1, -0.05) is 36.4 Å². The summed E-state index contributed by atoms with van der Waals surface area (Å²) in [5.41, 5.74) is -20.0. The Balaban J connectivity index is 0.000000202. The molecule has 6 aromatic rings. The Kier molecular flexibility index (Phi) is 12.2. The molecule has 2 heterocycles. The summed E-state index contributed by atoms with van der Waals surface area (Å²) in [5.74, 6) is -2.36. The minimum atomic E-state index is -6.09. The molecule has 0 radical (unpaired) electrons. The second-order valence-corrected chi connectivity index (χ2v) is 16.2. The molecule has 2 aromatic heterocycles. The van der Waals surface area contributed by atoms with Crippen molar-refractivity contribution >= 4 is 81.5 Å². The summed E-state index contributed by atoms with van der Waals surface area (Å²) in [6, 6.07) is 21.0. The quantitative estimate of drug-likeness (QED) is 0.0651. The van der Waals surface area contributed by atoms with Crippen LogP contribution in [0.15, 0.2) is 84.9 Å². The van der Waals surface area contributed by atoms with Gasteiger partial charge in [-0.3, -0.25) is 0 Å². The lowest BCUT2D eigenvalue weighted by Gasteiger charge is -2.08. The van der Waals surface area contributed by atoms with Gasteiger partial charge >= 0.3 is 22.0 Å². The summed E-state index contributed by atoms with van der Waals surface area (Å²) >= 11 is 0. The van der Waals surface area contributed by atoms with Crippen LogP contribution < -0.4 is 0 Å². The molecule has 0 saturated carbocycles. The Bertz CT molecular complexity index is 2350. The zero-order valence-electron chi connectivity index (χ0n) is 24.5. The smallest absolute Gasteiger partial charge is 0.601 e. The van der Waals surface area contributed by atoms with Crippen LogP contribution in [0.25, 0.3) is 40.3 Å². The van der Waals surface area contributed by atoms with Gasteiger partial charge in [0.25, 0.3) is 0 Å². The molecule has 1 atom stereocenters. The molecule has 0 aliphatic heterocycles. The molecule has 6 nitrogen and oxygen atoms in total. The van der Waals surface area contributed by atoms with Gasteiger partial charge in [-0.15, -0.1) is 26.3 Å². The van der Waals surface area contributed by atoms with E-state index in [1.54, 1.807) is 48.5 Å². The standard InChI is InChI=1S/C13H6F5S.C13H8F3S.2CHF3O3S/c14-8-5-6-10-11(12(8)15)7-3-1-2-4-9(7)19(10)13(16,17)18;14-13(15,16)17-11-7-3-1-5-9(11)10-6-2-4-8-12(10)17;2*2-1(3,4)8(5,6)7/h1-6H;1-8H;2*(H,5,6,7)/q2*+1;;/p-2. The number of hydrogen-bond acceptors (Lipinski definition) is 6. The molecular weight excluding hydrogens is 827 g/mol. The maximum atomic E-state index is 13.8. The third kappa shape index (κ3) is 9.38. The van der Waals surface area contributed by atoms with Crippen LogP contribution in [-0.4, -0.2) is 37.0 Å². The Labute approximate surface area is 286 Å². The van der Waals surface area contributed by atoms with Crippen LogP contribution in [0.5, 0.6) is 0 Å². The number of rotatable bonds is 0. The van der Waals surface area contributed by atoms with Crippen LogP contribution in [-0.2, 0) is 31.3 Å². The third-order valence-electron chi connectivity index (χ3n) is 6.19. The highest BCUT2D eigenvalue weighted by atomic mass is 32.2. The van der Waals surface area contributed by atoms with E-state index < -0.39 is 74.8 Å². The van der Waals surface area contributed by atoms with Crippen molar-refractivity contribution in [1.82, 2.24) is 0 Å². The minimum absolute atomic E-state index is 0.00509. The molecule has 4 aromatic carbocycles. The first-order chi connectivity index (χ1) is 23.5. The van der Waals surface area contributed by atoms with Gasteiger partial charge in [-0.25, -0.2) is 25.6 Å². The number of benzene rings is 4. The van der Waals surface area contributed by atoms with Crippen molar-refractivity contribution in [3.63, 3.8) is 0 Å². The zero-order valence-corrected chi connectivity index (χ0v) is 27.7. The largest absolute Gasteiger partial charge is 0.741 e. The SMILES string of the molecule is FC(F)(F)[s+]1c2ccccc2c2ccccc21.Fc1ccc2c(c1F)c1ccccc1[s+]2C(F)(F)F.O=S(=O)([O-])C(F)(F)F.O=S(=O)([O-])C(F)(F)F. The lowest BCUT2D eigenvalue weighted by molar-refractivity contribution is -0.0871. The average Bonchev–Trinajstić information content (AvgIpc) is 3.52. The summed E-state index contributed by atoms with van der Waals surface area (Å²) in [6.07, 6.45) is 0. The Hall–Kier alpha value is -3.84. The molecule has 0 aliphatic rings. The predicted octanol–water partition coefficient (Wildman–Crippen LogP) is 10.8. The van der Waals surface area contributed by atoms with Crippen LogP contribution in [0.3, 0.4) is 0 Å². The molecule has 0 bridgehead atoms. The van der Waals surface area contributed by atoms with E-state index >= 15 is 0 Å². The van der Waals surface area contributed by atoms with E-state index in [0.717, 1.165) is 12.1 Å². The van der Waals surface area contributed by atoms with Gasteiger partial charge in [0.1, 0.15) is 20.9 Å². The third-order valence-corrected chi connectivity index (χ3v) is 11.4. The fourth-order valence-electron chi connectivity index (χ4n) is 4.28. The van der Waals surface area contributed by atoms with Gasteiger partial charge in [0, 0.05) is 16.8 Å². The first-order valence-electron chi connectivity index (χ1n) is 12.9. The van der Waals surface area contributed by atoms with E-state index in [1.165, 1.54) is 24.3 Å². The molecule has 0 saturated heterocycles. The van der Waals surface area contributed by atoms with Crippen LogP contribution in [0.2, 0.25) is 0 Å². The van der Waals surface area contributed by atoms with E-state index in [2.05, 4.69) is 0 Å². The van der Waals surface area contributed by atoms with Crippen LogP contribution >= 0.6 is 20.9 Å². The summed E-state index contributed by atoms with van der Waals surface area (Å²) in [6.45, 7) is 0. The molecule has 6 rings (SSSR count). The van der Waals surface area contributed by atoms with E-state index in [1.807, 2.05) is 0 Å². The molecule has 24 heteroatoms. The fourth-order valence-corrected chi connectivity index (χ4v) is 8.18. The van der Waals surface area contributed by atoms with Crippen molar-refractivity contribution in [2.45, 2.75) is 22.0 Å². The fraction of sp³-hybridized carbons (Fsp3) is 0.143. The van der Waals surface area contributed by atoms with Crippen molar-refractivity contribution in [2.24, 2.45) is 0 Å². The minimum Gasteiger partial charge on any atom is -0.741 e. The highest BCUT2D eigenvalue weighted by Gasteiger charge is 2.49. The molecule has 0 aliphatic carbocycles. The predicted molar refractivity (Wildman–Crippen MR) is 162 cm³/mol. The number of thiophene rings is 2. The van der Waals surface area contributed by atoms with Crippen molar-refractivity contribution in [3.8, 4) is 0 Å². The second kappa shape index (κ2) is 14.9. The topological polar surface area (TPSA) is 114 Å². The molecule has 0 spiro atoms. The number of hydrogen-bond donors (Lipinski definition) is 0. The first kappa shape index (κ1) is 42.6. The van der Waals surface area contributed by atoms with Gasteiger partial charge < -0.3 is 9.11 Å². The summed E-state index contributed by atoms with van der Waals surface area (Å²) in [7, 11) is -16.2. The number of alkyl halides is 12. The Morgan fingerprint density at radius 1 is 0.442 bits per heavy atom. The van der Waals surface area contributed by atoms with Gasteiger partial charge in [-0.2, -0.15) is 26.3 Å². The van der Waals surface area contributed by atoms with Gasteiger partial charge in [0.2, 0.25) is 0 Å². The maximum Gasteiger partial charge on any atom is 0.601 e. The van der Waals surface area contributed by atoms with Crippen LogP contribution in [0.1, 0.15) is 0 Å². The highest BCUT2D eigenvalue weighted by Crippen LogP contribution is 2.55. The molecule has 0 N–H and O–H groups in total. The molecular formula is C28H14F14O6S4. The lowest BCUT2D eigenvalue weighted by Crippen LogP contribution is -2.21. The highest BCUT2D eigenvalue weighted by molar-refractivity contribution is 7.86. The second-order valence-electron chi connectivity index (χ2n) is 9.53. The number of halogens is 14. The molecule has 1 unspecified atom stereocenters. The molecule has 0 fully saturated rings. The monoisotopic (exact) mass is 840 g/mol. The Morgan fingerprint density at radius 3 is 1.06 bits per heavy atom. The number of fused-ring (bicyclic) bond motifs is 6. The van der Waals surface area contributed by atoms with Crippen LogP contribution in [0, 0.1) is 11.6 Å². The van der Waals surface area contributed by atoms with E-state index in [-0.39, 0.29) is 20.2 Å². The molecule has 284 valence electrons. The van der Waals surface area contributed by atoms with Gasteiger partial charge in [0.05, 0.1) is 10.8 Å². The molecule has 0 amide bonds. The normalized spacial score (nSPS) is 13.3. The van der Waals surface area contributed by atoms with E-state index in [4.69, 9.17) is 25.9 Å². The van der Waals surface area contributed by atoms with Crippen molar-refractivity contribution in [1.29, 1.82) is 0 Å². The maximum absolute atomic E-state index is 13.8. The summed E-state index contributed by atoms with van der Waals surface area (Å²) in [5, 5.41) is 1.28. The van der Waals surface area contributed by atoms with Crippen molar-refractivity contribution in [3.05, 3.63) is 96.6 Å². The van der Waals surface area contributed by atoms with E-state index in [0.29, 0.717) is 20.2 Å². The van der Waals surface area contributed by atoms with E-state index in [9.17, 15) is 61.5 Å². The lowest BCUT2D eigenvalue weighted by atomic mass is 10.1. The molecule has 52 heavy (non-hydrogen) atoms. The van der Waals surface area contributed by atoms with Crippen molar-refractivity contribution < 1.29 is 87.4 Å². The van der Waals surface area contributed by atoms with Crippen molar-refractivity contribution in [2.75, 3.05) is 0 Å². The van der Waals surface area contributed by atoms with Gasteiger partial charge in [-0.05, 0) is 42.5 Å².